The van der Waals surface area contributed by atoms with Crippen molar-refractivity contribution < 1.29 is 13.2 Å². The summed E-state index contributed by atoms with van der Waals surface area (Å²) in [6.07, 6.45) is 1.22. The summed E-state index contributed by atoms with van der Waals surface area (Å²) in [6.45, 7) is 2.30. The maximum atomic E-state index is 11.5. The van der Waals surface area contributed by atoms with E-state index in [1.165, 1.54) is 10.6 Å². The zero-order chi connectivity index (χ0) is 15.5. The summed E-state index contributed by atoms with van der Waals surface area (Å²) in [5.74, 6) is 7.13. The Hall–Kier alpha value is -1.49. The molecule has 10 heteroatoms. The van der Waals surface area contributed by atoms with Crippen LogP contribution in [0.3, 0.4) is 0 Å². The van der Waals surface area contributed by atoms with Crippen molar-refractivity contribution in [2.75, 3.05) is 49.9 Å². The Morgan fingerprint density at radius 1 is 1.33 bits per heavy atom. The number of anilines is 2. The Balaban J connectivity index is 2.14. The molecule has 1 aromatic rings. The van der Waals surface area contributed by atoms with Crippen molar-refractivity contribution in [3.8, 4) is 0 Å². The number of nitrogens with zero attached hydrogens (tertiary/aromatic N) is 4. The molecule has 1 aliphatic heterocycles. The first-order valence-corrected chi connectivity index (χ1v) is 8.32. The van der Waals surface area contributed by atoms with Crippen LogP contribution in [0.5, 0.6) is 0 Å². The average Bonchev–Trinajstić information content (AvgIpc) is 2.46. The van der Waals surface area contributed by atoms with Gasteiger partial charge >= 0.3 is 0 Å². The Morgan fingerprint density at radius 2 is 2.00 bits per heavy atom. The highest BCUT2D eigenvalue weighted by Crippen LogP contribution is 2.18. The van der Waals surface area contributed by atoms with E-state index in [-0.39, 0.29) is 6.61 Å². The van der Waals surface area contributed by atoms with Crippen molar-refractivity contribution in [1.82, 2.24) is 14.3 Å². The van der Waals surface area contributed by atoms with Crippen molar-refractivity contribution in [3.05, 3.63) is 11.9 Å². The highest BCUT2D eigenvalue weighted by Gasteiger charge is 2.24. The first-order chi connectivity index (χ1) is 9.94. The van der Waals surface area contributed by atoms with Crippen LogP contribution in [0.15, 0.2) is 6.07 Å². The lowest BCUT2D eigenvalue weighted by Gasteiger charge is -2.34. The zero-order valence-corrected chi connectivity index (χ0v) is 12.9. The third-order valence-corrected chi connectivity index (χ3v) is 4.52. The Labute approximate surface area is 124 Å². The molecule has 0 bridgehead atoms. The molecule has 1 saturated heterocycles. The highest BCUT2D eigenvalue weighted by atomic mass is 32.2. The second-order valence-electron chi connectivity index (χ2n) is 4.75. The van der Waals surface area contributed by atoms with Gasteiger partial charge in [0.1, 0.15) is 18.2 Å². The van der Waals surface area contributed by atoms with Crippen LogP contribution in [0.2, 0.25) is 0 Å². The molecule has 0 atom stereocenters. The van der Waals surface area contributed by atoms with Crippen LogP contribution in [0.1, 0.15) is 5.82 Å². The SMILES string of the molecule is COCc1nc(NN)cc(N2CCN(S(C)(=O)=O)CC2)n1. The normalized spacial score (nSPS) is 17.0. The van der Waals surface area contributed by atoms with Crippen molar-refractivity contribution >= 4 is 21.7 Å². The molecule has 0 radical (unpaired) electrons. The van der Waals surface area contributed by atoms with Crippen molar-refractivity contribution in [3.63, 3.8) is 0 Å². The lowest BCUT2D eigenvalue weighted by molar-refractivity contribution is 0.178. The molecular formula is C11H20N6O3S. The van der Waals surface area contributed by atoms with Gasteiger partial charge < -0.3 is 15.1 Å². The Bertz CT molecular complexity index is 586. The van der Waals surface area contributed by atoms with Crippen molar-refractivity contribution in [2.24, 2.45) is 5.84 Å². The molecule has 0 aliphatic carbocycles. The molecule has 118 valence electrons. The van der Waals surface area contributed by atoms with Crippen LogP contribution >= 0.6 is 0 Å². The van der Waals surface area contributed by atoms with Gasteiger partial charge in [-0.05, 0) is 0 Å². The van der Waals surface area contributed by atoms with Crippen molar-refractivity contribution in [1.29, 1.82) is 0 Å². The maximum Gasteiger partial charge on any atom is 0.211 e. The number of aromatic nitrogens is 2. The summed E-state index contributed by atoms with van der Waals surface area (Å²) >= 11 is 0. The summed E-state index contributed by atoms with van der Waals surface area (Å²) in [6, 6.07) is 1.73. The summed E-state index contributed by atoms with van der Waals surface area (Å²) in [5.41, 5.74) is 2.50. The van der Waals surface area contributed by atoms with E-state index in [1.54, 1.807) is 13.2 Å². The van der Waals surface area contributed by atoms with Crippen molar-refractivity contribution in [2.45, 2.75) is 6.61 Å². The van der Waals surface area contributed by atoms with Crippen LogP contribution in [0.4, 0.5) is 11.6 Å². The van der Waals surface area contributed by atoms with Gasteiger partial charge in [-0.2, -0.15) is 4.31 Å². The molecule has 2 heterocycles. The van der Waals surface area contributed by atoms with E-state index < -0.39 is 10.0 Å². The van der Waals surface area contributed by atoms with Crippen LogP contribution in [-0.2, 0) is 21.4 Å². The largest absolute Gasteiger partial charge is 0.377 e. The van der Waals surface area contributed by atoms with E-state index in [9.17, 15) is 8.42 Å². The topological polar surface area (TPSA) is 114 Å². The minimum atomic E-state index is -3.14. The smallest absolute Gasteiger partial charge is 0.211 e. The number of nitrogen functional groups attached to an aromatic ring is 1. The number of nitrogens with one attached hydrogen (secondary N) is 1. The number of methoxy groups -OCH3 is 1. The third-order valence-electron chi connectivity index (χ3n) is 3.21. The lowest BCUT2D eigenvalue weighted by Crippen LogP contribution is -2.48. The zero-order valence-electron chi connectivity index (χ0n) is 12.1. The third kappa shape index (κ3) is 4.00. The van der Waals surface area contributed by atoms with Gasteiger partial charge in [-0.25, -0.2) is 24.2 Å². The molecule has 2 rings (SSSR count). The van der Waals surface area contributed by atoms with Crippen LogP contribution in [0.25, 0.3) is 0 Å². The molecule has 3 N–H and O–H groups in total. The fraction of sp³-hybridized carbons (Fsp3) is 0.636. The molecule has 9 nitrogen and oxygen atoms in total. The molecule has 0 spiro atoms. The lowest BCUT2D eigenvalue weighted by atomic mass is 10.3. The molecule has 1 aliphatic rings. The number of hydrogen-bond donors (Lipinski definition) is 2. The van der Waals surface area contributed by atoms with Crippen LogP contribution < -0.4 is 16.2 Å². The molecular weight excluding hydrogens is 296 g/mol. The number of hydrogen-bond acceptors (Lipinski definition) is 8. The highest BCUT2D eigenvalue weighted by molar-refractivity contribution is 7.88. The van der Waals surface area contributed by atoms with Crippen LogP contribution in [0, 0.1) is 0 Å². The second-order valence-corrected chi connectivity index (χ2v) is 6.74. The molecule has 0 amide bonds. The van der Waals surface area contributed by atoms with Gasteiger partial charge in [0.25, 0.3) is 0 Å². The molecule has 1 fully saturated rings. The van der Waals surface area contributed by atoms with Gasteiger partial charge in [0.15, 0.2) is 5.82 Å². The van der Waals surface area contributed by atoms with Gasteiger partial charge in [0, 0.05) is 39.4 Å². The average molecular weight is 316 g/mol. The molecule has 0 aromatic carbocycles. The number of sulfonamides is 1. The minimum absolute atomic E-state index is 0.284. The van der Waals surface area contributed by atoms with Gasteiger partial charge in [-0.15, -0.1) is 0 Å². The first kappa shape index (κ1) is 15.9. The van der Waals surface area contributed by atoms with Crippen LogP contribution in [-0.4, -0.2) is 62.2 Å². The van der Waals surface area contributed by atoms with Gasteiger partial charge in [0.2, 0.25) is 10.0 Å². The second kappa shape index (κ2) is 6.52. The predicted molar refractivity (Wildman–Crippen MR) is 79.2 cm³/mol. The Kier molecular flexibility index (Phi) is 4.93. The van der Waals surface area contributed by atoms with Gasteiger partial charge in [-0.1, -0.05) is 0 Å². The van der Waals surface area contributed by atoms with E-state index in [2.05, 4.69) is 15.4 Å². The van der Waals surface area contributed by atoms with Gasteiger partial charge in [-0.3, -0.25) is 0 Å². The summed E-state index contributed by atoms with van der Waals surface area (Å²) < 4.78 is 29.5. The molecule has 1 aromatic heterocycles. The summed E-state index contributed by atoms with van der Waals surface area (Å²) in [5, 5.41) is 0. The molecule has 0 unspecified atom stereocenters. The fourth-order valence-electron chi connectivity index (χ4n) is 2.16. The van der Waals surface area contributed by atoms with Gasteiger partial charge in [0.05, 0.1) is 6.26 Å². The van der Waals surface area contributed by atoms with E-state index in [0.717, 1.165) is 0 Å². The number of ether oxygens (including phenoxy) is 1. The molecule has 0 saturated carbocycles. The number of nitrogens with two attached hydrogens (primary N) is 1. The Morgan fingerprint density at radius 3 is 2.52 bits per heavy atom. The predicted octanol–water partition coefficient (Wildman–Crippen LogP) is -1.01. The number of hydrazine groups is 1. The van der Waals surface area contributed by atoms with E-state index >= 15 is 0 Å². The standard InChI is InChI=1S/C11H20N6O3S/c1-20-8-10-13-9(15-12)7-11(14-10)16-3-5-17(6-4-16)21(2,18)19/h7H,3-6,8,12H2,1-2H3,(H,13,14,15). The van der Waals surface area contributed by atoms with E-state index in [1.807, 2.05) is 4.90 Å². The minimum Gasteiger partial charge on any atom is -0.377 e. The number of rotatable bonds is 5. The molecule has 21 heavy (non-hydrogen) atoms. The quantitative estimate of drug-likeness (QED) is 0.525. The number of piperazine rings is 1. The first-order valence-electron chi connectivity index (χ1n) is 6.47. The summed E-state index contributed by atoms with van der Waals surface area (Å²) in [4.78, 5) is 10.6. The monoisotopic (exact) mass is 316 g/mol. The van der Waals surface area contributed by atoms with E-state index in [0.29, 0.717) is 43.6 Å². The summed E-state index contributed by atoms with van der Waals surface area (Å²) in [7, 11) is -1.57. The maximum absolute atomic E-state index is 11.5. The fourth-order valence-corrected chi connectivity index (χ4v) is 2.99. The van der Waals surface area contributed by atoms with E-state index in [4.69, 9.17) is 10.6 Å².